The number of benzene rings is 1. The Labute approximate surface area is 111 Å². The molecule has 1 aliphatic heterocycles. The summed E-state index contributed by atoms with van der Waals surface area (Å²) in [6.07, 6.45) is 0.321. The lowest BCUT2D eigenvalue weighted by molar-refractivity contribution is 0.167. The van der Waals surface area contributed by atoms with Crippen LogP contribution in [0, 0.1) is 5.82 Å². The van der Waals surface area contributed by atoms with E-state index in [1.54, 1.807) is 6.07 Å². The van der Waals surface area contributed by atoms with Gasteiger partial charge in [-0.3, -0.25) is 0 Å². The molecule has 1 fully saturated rings. The number of alkyl carbamates (subject to hydrolysis) is 1. The first-order valence-electron chi connectivity index (χ1n) is 6.12. The van der Waals surface area contributed by atoms with Crippen molar-refractivity contribution in [3.8, 4) is 0 Å². The van der Waals surface area contributed by atoms with Crippen LogP contribution < -0.4 is 10.2 Å². The lowest BCUT2D eigenvalue weighted by Gasteiger charge is -2.19. The maximum Gasteiger partial charge on any atom is 0.407 e. The molecule has 1 aliphatic rings. The number of nitrogens with one attached hydrogen (secondary N) is 1. The van der Waals surface area contributed by atoms with E-state index in [4.69, 9.17) is 5.11 Å². The molecule has 0 radical (unpaired) electrons. The number of carbonyl (C=O) groups excluding carboxylic acids is 1. The van der Waals surface area contributed by atoms with E-state index in [0.717, 1.165) is 18.7 Å². The van der Waals surface area contributed by atoms with E-state index in [2.05, 4.69) is 10.1 Å². The van der Waals surface area contributed by atoms with Crippen LogP contribution in [0.5, 0.6) is 0 Å². The molecule has 1 heterocycles. The molecule has 6 heteroatoms. The summed E-state index contributed by atoms with van der Waals surface area (Å²) < 4.78 is 17.9. The number of aliphatic hydroxyl groups excluding tert-OH is 1. The standard InChI is InChI=1S/C13H17FN2O3/c1-19-13(18)15-11-2-3-16(7-11)12-5-9(8-17)4-10(14)6-12/h4-6,11,17H,2-3,7-8H2,1H3,(H,15,18). The lowest BCUT2D eigenvalue weighted by Crippen LogP contribution is -2.36. The number of carbonyl (C=O) groups is 1. The highest BCUT2D eigenvalue weighted by atomic mass is 19.1. The number of halogens is 1. The smallest absolute Gasteiger partial charge is 0.407 e. The molecule has 2 rings (SSSR count). The van der Waals surface area contributed by atoms with Crippen molar-refractivity contribution in [2.45, 2.75) is 19.1 Å². The first kappa shape index (κ1) is 13.6. The molecule has 2 N–H and O–H groups in total. The minimum atomic E-state index is -0.456. The van der Waals surface area contributed by atoms with Crippen molar-refractivity contribution in [3.63, 3.8) is 0 Å². The van der Waals surface area contributed by atoms with E-state index in [1.165, 1.54) is 19.2 Å². The predicted molar refractivity (Wildman–Crippen MR) is 68.5 cm³/mol. The Morgan fingerprint density at radius 3 is 3.05 bits per heavy atom. The van der Waals surface area contributed by atoms with Crippen LogP contribution >= 0.6 is 0 Å². The van der Waals surface area contributed by atoms with Gasteiger partial charge >= 0.3 is 6.09 Å². The van der Waals surface area contributed by atoms with Crippen molar-refractivity contribution in [1.82, 2.24) is 5.32 Å². The fraction of sp³-hybridized carbons (Fsp3) is 0.462. The predicted octanol–water partition coefficient (Wildman–Crippen LogP) is 1.25. The largest absolute Gasteiger partial charge is 0.453 e. The van der Waals surface area contributed by atoms with Crippen molar-refractivity contribution in [2.24, 2.45) is 0 Å². The van der Waals surface area contributed by atoms with Gasteiger partial charge in [-0.25, -0.2) is 9.18 Å². The van der Waals surface area contributed by atoms with E-state index in [9.17, 15) is 9.18 Å². The number of amides is 1. The van der Waals surface area contributed by atoms with Crippen molar-refractivity contribution in [2.75, 3.05) is 25.1 Å². The normalized spacial score (nSPS) is 18.5. The maximum atomic E-state index is 13.4. The van der Waals surface area contributed by atoms with Crippen LogP contribution in [0.15, 0.2) is 18.2 Å². The summed E-state index contributed by atoms with van der Waals surface area (Å²) in [6.45, 7) is 1.13. The van der Waals surface area contributed by atoms with Crippen LogP contribution in [0.4, 0.5) is 14.9 Å². The third-order valence-electron chi connectivity index (χ3n) is 3.19. The van der Waals surface area contributed by atoms with Crippen molar-refractivity contribution in [1.29, 1.82) is 0 Å². The summed E-state index contributed by atoms with van der Waals surface area (Å²) in [5, 5.41) is 11.8. The second-order valence-electron chi connectivity index (χ2n) is 4.54. The molecule has 1 unspecified atom stereocenters. The Balaban J connectivity index is 2.04. The molecule has 1 aromatic carbocycles. The fourth-order valence-corrected chi connectivity index (χ4v) is 2.25. The van der Waals surface area contributed by atoms with Gasteiger partial charge < -0.3 is 20.1 Å². The Morgan fingerprint density at radius 2 is 2.37 bits per heavy atom. The minimum absolute atomic E-state index is 0.00621. The second kappa shape index (κ2) is 5.88. The minimum Gasteiger partial charge on any atom is -0.453 e. The Kier molecular flexibility index (Phi) is 4.21. The van der Waals surface area contributed by atoms with Gasteiger partial charge in [0.1, 0.15) is 5.82 Å². The number of ether oxygens (including phenoxy) is 1. The first-order chi connectivity index (χ1) is 9.12. The molecular formula is C13H17FN2O3. The number of hydrogen-bond donors (Lipinski definition) is 2. The van der Waals surface area contributed by atoms with Crippen LogP contribution in [-0.2, 0) is 11.3 Å². The molecule has 104 valence electrons. The maximum absolute atomic E-state index is 13.4. The average molecular weight is 268 g/mol. The van der Waals surface area contributed by atoms with Gasteiger partial charge in [0, 0.05) is 18.8 Å². The number of rotatable bonds is 3. The van der Waals surface area contributed by atoms with E-state index >= 15 is 0 Å². The van der Waals surface area contributed by atoms with Crippen molar-refractivity contribution >= 4 is 11.8 Å². The van der Waals surface area contributed by atoms with Crippen LogP contribution in [0.2, 0.25) is 0 Å². The number of methoxy groups -OCH3 is 1. The van der Waals surface area contributed by atoms with Gasteiger partial charge in [0.05, 0.1) is 19.8 Å². The monoisotopic (exact) mass is 268 g/mol. The number of hydrogen-bond acceptors (Lipinski definition) is 4. The van der Waals surface area contributed by atoms with Crippen LogP contribution in [0.1, 0.15) is 12.0 Å². The van der Waals surface area contributed by atoms with Gasteiger partial charge in [0.25, 0.3) is 0 Å². The summed E-state index contributed by atoms with van der Waals surface area (Å²) in [6, 6.07) is 4.49. The van der Waals surface area contributed by atoms with E-state index in [0.29, 0.717) is 12.1 Å². The van der Waals surface area contributed by atoms with E-state index in [-0.39, 0.29) is 18.5 Å². The average Bonchev–Trinajstić information content (AvgIpc) is 2.86. The number of aliphatic hydroxyl groups is 1. The van der Waals surface area contributed by atoms with Gasteiger partial charge in [-0.1, -0.05) is 0 Å². The highest BCUT2D eigenvalue weighted by Gasteiger charge is 2.24. The summed E-state index contributed by atoms with van der Waals surface area (Å²) in [7, 11) is 1.32. The Bertz CT molecular complexity index is 467. The molecule has 0 bridgehead atoms. The molecule has 1 saturated heterocycles. The zero-order chi connectivity index (χ0) is 13.8. The summed E-state index contributed by atoms with van der Waals surface area (Å²) in [5.41, 5.74) is 1.26. The van der Waals surface area contributed by atoms with Gasteiger partial charge in [-0.05, 0) is 30.2 Å². The zero-order valence-corrected chi connectivity index (χ0v) is 10.7. The molecule has 19 heavy (non-hydrogen) atoms. The molecule has 1 aromatic rings. The SMILES string of the molecule is COC(=O)NC1CCN(c2cc(F)cc(CO)c2)C1. The van der Waals surface area contributed by atoms with E-state index in [1.807, 2.05) is 4.90 Å². The zero-order valence-electron chi connectivity index (χ0n) is 10.7. The molecular weight excluding hydrogens is 251 g/mol. The first-order valence-corrected chi connectivity index (χ1v) is 6.12. The number of anilines is 1. The summed E-state index contributed by atoms with van der Waals surface area (Å²) >= 11 is 0. The molecule has 0 spiro atoms. The van der Waals surface area contributed by atoms with Gasteiger partial charge in [0.2, 0.25) is 0 Å². The molecule has 0 aromatic heterocycles. The van der Waals surface area contributed by atoms with Crippen LogP contribution in [0.25, 0.3) is 0 Å². The summed E-state index contributed by atoms with van der Waals surface area (Å²) in [4.78, 5) is 13.1. The van der Waals surface area contributed by atoms with Gasteiger partial charge in [-0.15, -0.1) is 0 Å². The highest BCUT2D eigenvalue weighted by Crippen LogP contribution is 2.23. The molecule has 1 atom stereocenters. The Morgan fingerprint density at radius 1 is 1.58 bits per heavy atom. The van der Waals surface area contributed by atoms with Crippen LogP contribution in [-0.4, -0.2) is 37.4 Å². The lowest BCUT2D eigenvalue weighted by atomic mass is 10.2. The fourth-order valence-electron chi connectivity index (χ4n) is 2.25. The van der Waals surface area contributed by atoms with Gasteiger partial charge in [-0.2, -0.15) is 0 Å². The van der Waals surface area contributed by atoms with Gasteiger partial charge in [0.15, 0.2) is 0 Å². The second-order valence-corrected chi connectivity index (χ2v) is 4.54. The van der Waals surface area contributed by atoms with Crippen molar-refractivity contribution in [3.05, 3.63) is 29.6 Å². The third kappa shape index (κ3) is 3.35. The summed E-state index contributed by atoms with van der Waals surface area (Å²) in [5.74, 6) is -0.370. The topological polar surface area (TPSA) is 61.8 Å². The third-order valence-corrected chi connectivity index (χ3v) is 3.19. The quantitative estimate of drug-likeness (QED) is 0.866. The van der Waals surface area contributed by atoms with Crippen LogP contribution in [0.3, 0.4) is 0 Å². The highest BCUT2D eigenvalue weighted by molar-refractivity contribution is 5.67. The molecule has 5 nitrogen and oxygen atoms in total. The molecule has 0 aliphatic carbocycles. The Hall–Kier alpha value is -1.82. The number of nitrogens with zero attached hydrogens (tertiary/aromatic N) is 1. The molecule has 1 amide bonds. The van der Waals surface area contributed by atoms with E-state index < -0.39 is 6.09 Å². The molecule has 0 saturated carbocycles. The van der Waals surface area contributed by atoms with Crippen molar-refractivity contribution < 1.29 is 19.0 Å².